The van der Waals surface area contributed by atoms with Crippen LogP contribution >= 0.6 is 12.4 Å². The predicted molar refractivity (Wildman–Crippen MR) is 64.3 cm³/mol. The van der Waals surface area contributed by atoms with E-state index in [9.17, 15) is 4.79 Å². The maximum absolute atomic E-state index is 11.2. The third kappa shape index (κ3) is 13.7. The maximum atomic E-state index is 11.2. The van der Waals surface area contributed by atoms with Crippen molar-refractivity contribution in [2.45, 2.75) is 32.6 Å². The molecule has 0 radical (unpaired) electrons. The molecule has 0 fully saturated rings. The number of ether oxygens (including phenoxy) is 1. The van der Waals surface area contributed by atoms with Crippen LogP contribution in [-0.2, 0) is 9.53 Å². The first kappa shape index (κ1) is 17.1. The lowest BCUT2D eigenvalue weighted by Crippen LogP contribution is -2.24. The Morgan fingerprint density at radius 3 is 2.67 bits per heavy atom. The molecule has 0 bridgehead atoms. The molecule has 0 heterocycles. The number of hydrogen-bond acceptors (Lipinski definition) is 3. The first-order valence-electron chi connectivity index (χ1n) is 5.35. The van der Waals surface area contributed by atoms with Gasteiger partial charge in [0.25, 0.3) is 0 Å². The normalized spacial score (nSPS) is 9.47. The Morgan fingerprint density at radius 2 is 2.07 bits per heavy atom. The van der Waals surface area contributed by atoms with Gasteiger partial charge in [0.1, 0.15) is 0 Å². The van der Waals surface area contributed by atoms with E-state index in [1.54, 1.807) is 0 Å². The van der Waals surface area contributed by atoms with E-state index in [1.165, 1.54) is 0 Å². The van der Waals surface area contributed by atoms with Crippen molar-refractivity contribution in [2.24, 2.45) is 5.73 Å². The molecule has 0 saturated heterocycles. The summed E-state index contributed by atoms with van der Waals surface area (Å²) >= 11 is 0. The third-order valence-electron chi connectivity index (χ3n) is 1.85. The average Bonchev–Trinajstić information content (AvgIpc) is 2.19. The van der Waals surface area contributed by atoms with Crippen molar-refractivity contribution < 1.29 is 9.53 Å². The highest BCUT2D eigenvalue weighted by atomic mass is 35.5. The topological polar surface area (TPSA) is 64.3 Å². The van der Waals surface area contributed by atoms with Crippen LogP contribution < -0.4 is 11.1 Å². The minimum Gasteiger partial charge on any atom is -0.382 e. The standard InChI is InChI=1S/C10H22N2O2.ClH/c1-2-14-9-5-6-10(13)12-8-4-3-7-11;/h2-9,11H2,1H3,(H,12,13);1H. The molecule has 0 unspecified atom stereocenters. The Bertz CT molecular complexity index is 131. The molecule has 0 rings (SSSR count). The number of unbranched alkanes of at least 4 members (excludes halogenated alkanes) is 1. The van der Waals surface area contributed by atoms with Crippen LogP contribution in [0.15, 0.2) is 0 Å². The second-order valence-corrected chi connectivity index (χ2v) is 3.15. The molecule has 1 amide bonds. The summed E-state index contributed by atoms with van der Waals surface area (Å²) in [5.74, 6) is 0.113. The van der Waals surface area contributed by atoms with Crippen molar-refractivity contribution in [3.63, 3.8) is 0 Å². The van der Waals surface area contributed by atoms with E-state index in [0.717, 1.165) is 32.4 Å². The molecule has 5 heteroatoms. The van der Waals surface area contributed by atoms with Gasteiger partial charge in [0.05, 0.1) is 0 Å². The summed E-state index contributed by atoms with van der Waals surface area (Å²) in [6.45, 7) is 4.78. The van der Waals surface area contributed by atoms with Crippen LogP contribution in [0.4, 0.5) is 0 Å². The molecule has 92 valence electrons. The van der Waals surface area contributed by atoms with Crippen molar-refractivity contribution in [1.29, 1.82) is 0 Å². The molecule has 0 aliphatic heterocycles. The van der Waals surface area contributed by atoms with Gasteiger partial charge in [0, 0.05) is 26.2 Å². The highest BCUT2D eigenvalue weighted by Gasteiger charge is 1.99. The van der Waals surface area contributed by atoms with E-state index in [2.05, 4.69) is 5.32 Å². The average molecular weight is 239 g/mol. The number of carbonyl (C=O) groups is 1. The van der Waals surface area contributed by atoms with Crippen LogP contribution in [0.25, 0.3) is 0 Å². The van der Waals surface area contributed by atoms with Crippen molar-refractivity contribution >= 4 is 18.3 Å². The molecule has 0 aliphatic rings. The quantitative estimate of drug-likeness (QED) is 0.591. The fourth-order valence-electron chi connectivity index (χ4n) is 1.06. The molecule has 0 saturated carbocycles. The molecule has 0 atom stereocenters. The van der Waals surface area contributed by atoms with Crippen LogP contribution in [0.2, 0.25) is 0 Å². The summed E-state index contributed by atoms with van der Waals surface area (Å²) in [5, 5.41) is 2.84. The van der Waals surface area contributed by atoms with Gasteiger partial charge in [-0.25, -0.2) is 0 Å². The van der Waals surface area contributed by atoms with E-state index in [-0.39, 0.29) is 18.3 Å². The number of rotatable bonds is 9. The smallest absolute Gasteiger partial charge is 0.220 e. The van der Waals surface area contributed by atoms with Crippen LogP contribution in [0.5, 0.6) is 0 Å². The zero-order chi connectivity index (χ0) is 10.6. The summed E-state index contributed by atoms with van der Waals surface area (Å²) in [6.07, 6.45) is 3.30. The monoisotopic (exact) mass is 238 g/mol. The lowest BCUT2D eigenvalue weighted by Gasteiger charge is -2.04. The SMILES string of the molecule is CCOCCCC(=O)NCCCCN.Cl. The van der Waals surface area contributed by atoms with E-state index >= 15 is 0 Å². The number of amides is 1. The van der Waals surface area contributed by atoms with E-state index in [4.69, 9.17) is 10.5 Å². The van der Waals surface area contributed by atoms with Gasteiger partial charge >= 0.3 is 0 Å². The summed E-state index contributed by atoms with van der Waals surface area (Å²) in [4.78, 5) is 11.2. The Morgan fingerprint density at radius 1 is 1.33 bits per heavy atom. The second-order valence-electron chi connectivity index (χ2n) is 3.15. The molecular weight excluding hydrogens is 216 g/mol. The van der Waals surface area contributed by atoms with Crippen molar-refractivity contribution in [1.82, 2.24) is 5.32 Å². The Balaban J connectivity index is 0. The minimum absolute atomic E-state index is 0. The lowest BCUT2D eigenvalue weighted by molar-refractivity contribution is -0.121. The van der Waals surface area contributed by atoms with Gasteiger partial charge in [0.15, 0.2) is 0 Å². The largest absolute Gasteiger partial charge is 0.382 e. The number of hydrogen-bond donors (Lipinski definition) is 2. The number of nitrogens with two attached hydrogens (primary N) is 1. The number of carbonyl (C=O) groups excluding carboxylic acids is 1. The number of halogens is 1. The minimum atomic E-state index is 0. The van der Waals surface area contributed by atoms with Crippen molar-refractivity contribution in [2.75, 3.05) is 26.3 Å². The summed E-state index contributed by atoms with van der Waals surface area (Å²) < 4.78 is 5.13. The zero-order valence-corrected chi connectivity index (χ0v) is 10.3. The van der Waals surface area contributed by atoms with Gasteiger partial charge in [-0.05, 0) is 32.7 Å². The van der Waals surface area contributed by atoms with Crippen LogP contribution in [-0.4, -0.2) is 32.2 Å². The van der Waals surface area contributed by atoms with E-state index in [1.807, 2.05) is 6.92 Å². The Labute approximate surface area is 98.3 Å². The number of nitrogens with one attached hydrogen (secondary N) is 1. The molecular formula is C10H23ClN2O2. The zero-order valence-electron chi connectivity index (χ0n) is 9.46. The van der Waals surface area contributed by atoms with Gasteiger partial charge in [-0.1, -0.05) is 0 Å². The molecule has 0 aromatic rings. The van der Waals surface area contributed by atoms with Crippen molar-refractivity contribution in [3.8, 4) is 0 Å². The van der Waals surface area contributed by atoms with Gasteiger partial charge in [-0.3, -0.25) is 4.79 Å². The predicted octanol–water partition coefficient (Wildman–Crippen LogP) is 1.08. The first-order valence-corrected chi connectivity index (χ1v) is 5.35. The Hall–Kier alpha value is -0.320. The molecule has 0 spiro atoms. The van der Waals surface area contributed by atoms with Gasteiger partial charge in [0.2, 0.25) is 5.91 Å². The molecule has 0 aliphatic carbocycles. The van der Waals surface area contributed by atoms with Gasteiger partial charge in [-0.15, -0.1) is 12.4 Å². The maximum Gasteiger partial charge on any atom is 0.220 e. The van der Waals surface area contributed by atoms with Crippen LogP contribution in [0, 0.1) is 0 Å². The highest BCUT2D eigenvalue weighted by Crippen LogP contribution is 1.91. The summed E-state index contributed by atoms with van der Waals surface area (Å²) in [6, 6.07) is 0. The third-order valence-corrected chi connectivity index (χ3v) is 1.85. The van der Waals surface area contributed by atoms with Crippen LogP contribution in [0.3, 0.4) is 0 Å². The fraction of sp³-hybridized carbons (Fsp3) is 0.900. The first-order chi connectivity index (χ1) is 6.81. The molecule has 0 aromatic heterocycles. The van der Waals surface area contributed by atoms with E-state index < -0.39 is 0 Å². The fourth-order valence-corrected chi connectivity index (χ4v) is 1.06. The van der Waals surface area contributed by atoms with Crippen molar-refractivity contribution in [3.05, 3.63) is 0 Å². The Kier molecular flexibility index (Phi) is 15.6. The van der Waals surface area contributed by atoms with Gasteiger partial charge in [-0.2, -0.15) is 0 Å². The highest BCUT2D eigenvalue weighted by molar-refractivity contribution is 5.85. The van der Waals surface area contributed by atoms with E-state index in [0.29, 0.717) is 19.6 Å². The summed E-state index contributed by atoms with van der Waals surface area (Å²) in [5.41, 5.74) is 5.33. The molecule has 15 heavy (non-hydrogen) atoms. The lowest BCUT2D eigenvalue weighted by atomic mass is 10.3. The second kappa shape index (κ2) is 13.7. The van der Waals surface area contributed by atoms with Crippen LogP contribution in [0.1, 0.15) is 32.6 Å². The summed E-state index contributed by atoms with van der Waals surface area (Å²) in [7, 11) is 0. The van der Waals surface area contributed by atoms with Gasteiger partial charge < -0.3 is 15.8 Å². The molecule has 4 nitrogen and oxygen atoms in total. The molecule has 3 N–H and O–H groups in total. The molecule has 0 aromatic carbocycles.